The molecule has 0 unspecified atom stereocenters. The van der Waals surface area contributed by atoms with E-state index in [-0.39, 0.29) is 26.1 Å². The van der Waals surface area contributed by atoms with Crippen LogP contribution in [0, 0.1) is 0 Å². The number of nitrogens with zero attached hydrogens (tertiary/aromatic N) is 3. The van der Waals surface area contributed by atoms with Crippen LogP contribution in [-0.2, 0) is 15.0 Å². The minimum Gasteiger partial charge on any atom is -0.480 e. The molecule has 8 nitrogen and oxygen atoms in total. The van der Waals surface area contributed by atoms with E-state index >= 15 is 0 Å². The van der Waals surface area contributed by atoms with Crippen molar-refractivity contribution in [2.24, 2.45) is 0 Å². The minimum atomic E-state index is -1.19. The van der Waals surface area contributed by atoms with E-state index in [1.54, 1.807) is 36.5 Å². The van der Waals surface area contributed by atoms with Crippen molar-refractivity contribution >= 4 is 51.9 Å². The molecule has 0 aliphatic carbocycles. The summed E-state index contributed by atoms with van der Waals surface area (Å²) in [5.41, 5.74) is 1.09. The van der Waals surface area contributed by atoms with Crippen LogP contribution in [-0.4, -0.2) is 42.1 Å². The van der Waals surface area contributed by atoms with Gasteiger partial charge in [-0.25, -0.2) is 0 Å². The van der Waals surface area contributed by atoms with E-state index in [4.69, 9.17) is 22.1 Å². The first-order valence-corrected chi connectivity index (χ1v) is 11.5. The van der Waals surface area contributed by atoms with Crippen molar-refractivity contribution in [1.29, 1.82) is 0 Å². The van der Waals surface area contributed by atoms with Gasteiger partial charge in [-0.15, -0.1) is 0 Å². The molecule has 1 aromatic carbocycles. The maximum atomic E-state index is 13.3. The first kappa shape index (κ1) is 23.7. The lowest BCUT2D eigenvalue weighted by molar-refractivity contribution is -0.140. The van der Waals surface area contributed by atoms with Crippen LogP contribution in [0.2, 0.25) is 0 Å². The molecule has 1 fully saturated rings. The number of amides is 1. The third-order valence-corrected chi connectivity index (χ3v) is 6.49. The zero-order chi connectivity index (χ0) is 24.6. The molecule has 1 aliphatic heterocycles. The fourth-order valence-corrected chi connectivity index (χ4v) is 4.56. The highest BCUT2D eigenvalue weighted by Crippen LogP contribution is 2.34. The first-order chi connectivity index (χ1) is 16.0. The monoisotopic (exact) mass is 495 g/mol. The van der Waals surface area contributed by atoms with Gasteiger partial charge in [0.2, 0.25) is 5.88 Å². The second-order valence-electron chi connectivity index (χ2n) is 8.60. The van der Waals surface area contributed by atoms with Gasteiger partial charge >= 0.3 is 5.97 Å². The summed E-state index contributed by atoms with van der Waals surface area (Å²) >= 11 is 6.08. The Morgan fingerprint density at radius 3 is 2.53 bits per heavy atom. The number of carbonyl (C=O) groups excluding carboxylic acids is 1. The summed E-state index contributed by atoms with van der Waals surface area (Å²) in [7, 11) is 0. The van der Waals surface area contributed by atoms with E-state index in [1.165, 1.54) is 10.5 Å². The number of thioether (sulfide) groups is 1. The zero-order valence-electron chi connectivity index (χ0n) is 18.6. The molecule has 0 radical (unpaired) electrons. The summed E-state index contributed by atoms with van der Waals surface area (Å²) in [5, 5.41) is 9.06. The Morgan fingerprint density at radius 1 is 1.18 bits per heavy atom. The van der Waals surface area contributed by atoms with Gasteiger partial charge in [0, 0.05) is 6.20 Å². The van der Waals surface area contributed by atoms with Gasteiger partial charge in [-0.05, 0) is 41.3 Å². The summed E-state index contributed by atoms with van der Waals surface area (Å²) in [6, 6.07) is 12.6. The van der Waals surface area contributed by atoms with E-state index in [1.807, 2.05) is 12.1 Å². The quantitative estimate of drug-likeness (QED) is 0.418. The van der Waals surface area contributed by atoms with Gasteiger partial charge in [-0.3, -0.25) is 23.7 Å². The Hall–Kier alpha value is -3.50. The lowest BCUT2D eigenvalue weighted by Gasteiger charge is -2.19. The van der Waals surface area contributed by atoms with Crippen LogP contribution in [0.25, 0.3) is 11.7 Å². The molecule has 34 heavy (non-hydrogen) atoms. The molecule has 1 amide bonds. The Balaban J connectivity index is 1.79. The predicted molar refractivity (Wildman–Crippen MR) is 134 cm³/mol. The van der Waals surface area contributed by atoms with Gasteiger partial charge in [0.05, 0.1) is 4.91 Å². The van der Waals surface area contributed by atoms with Crippen LogP contribution in [0.5, 0.6) is 11.6 Å². The highest BCUT2D eigenvalue weighted by atomic mass is 32.2. The van der Waals surface area contributed by atoms with Gasteiger partial charge in [0.15, 0.2) is 0 Å². The Morgan fingerprint density at radius 2 is 1.88 bits per heavy atom. The van der Waals surface area contributed by atoms with Crippen LogP contribution in [0.3, 0.4) is 0 Å². The largest absolute Gasteiger partial charge is 0.480 e. The molecule has 3 aromatic rings. The number of aliphatic carboxylic acids is 1. The van der Waals surface area contributed by atoms with Crippen LogP contribution >= 0.6 is 24.0 Å². The van der Waals surface area contributed by atoms with Crippen molar-refractivity contribution in [2.75, 3.05) is 6.54 Å². The molecule has 174 valence electrons. The molecule has 1 N–H and O–H groups in total. The average Bonchev–Trinajstić information content (AvgIpc) is 3.03. The number of benzene rings is 1. The number of carboxylic acid groups (broad SMARTS) is 1. The molecule has 2 aromatic heterocycles. The smallest absolute Gasteiger partial charge is 0.323 e. The third kappa shape index (κ3) is 4.73. The second-order valence-corrected chi connectivity index (χ2v) is 10.3. The van der Waals surface area contributed by atoms with Gasteiger partial charge in [0.1, 0.15) is 27.8 Å². The first-order valence-electron chi connectivity index (χ1n) is 10.3. The molecule has 4 rings (SSSR count). The van der Waals surface area contributed by atoms with Gasteiger partial charge in [0.25, 0.3) is 11.5 Å². The maximum absolute atomic E-state index is 13.3. The van der Waals surface area contributed by atoms with Crippen LogP contribution in [0.1, 0.15) is 31.9 Å². The van der Waals surface area contributed by atoms with Gasteiger partial charge < -0.3 is 9.84 Å². The summed E-state index contributed by atoms with van der Waals surface area (Å²) in [5.74, 6) is -1.26. The number of carbonyl (C=O) groups is 2. The SMILES string of the molecule is CC(C)(C)c1ccc(Oc2nc3ccccn3c(=O)c2/C=C2\SC(=S)N(CC(=O)O)C2=O)cc1. The average molecular weight is 496 g/mol. The van der Waals surface area contributed by atoms with Crippen molar-refractivity contribution in [2.45, 2.75) is 26.2 Å². The highest BCUT2D eigenvalue weighted by Gasteiger charge is 2.34. The number of aromatic nitrogens is 2. The summed E-state index contributed by atoms with van der Waals surface area (Å²) in [4.78, 5) is 42.7. The number of rotatable bonds is 5. The van der Waals surface area contributed by atoms with Crippen molar-refractivity contribution in [3.63, 3.8) is 0 Å². The topological polar surface area (TPSA) is 101 Å². The van der Waals surface area contributed by atoms with Crippen LogP contribution in [0.4, 0.5) is 0 Å². The van der Waals surface area contributed by atoms with Crippen LogP contribution in [0.15, 0.2) is 58.4 Å². The molecule has 0 atom stereocenters. The van der Waals surface area contributed by atoms with Crippen molar-refractivity contribution in [3.05, 3.63) is 75.0 Å². The van der Waals surface area contributed by atoms with Crippen molar-refractivity contribution in [1.82, 2.24) is 14.3 Å². The summed E-state index contributed by atoms with van der Waals surface area (Å²) in [6.45, 7) is 5.76. The molecular weight excluding hydrogens is 474 g/mol. The molecular formula is C24H21N3O5S2. The zero-order valence-corrected chi connectivity index (χ0v) is 20.3. The maximum Gasteiger partial charge on any atom is 0.323 e. The second kappa shape index (κ2) is 9.03. The van der Waals surface area contributed by atoms with E-state index in [2.05, 4.69) is 25.8 Å². The van der Waals surface area contributed by atoms with Crippen molar-refractivity contribution < 1.29 is 19.4 Å². The van der Waals surface area contributed by atoms with E-state index < -0.39 is 24.0 Å². The van der Waals surface area contributed by atoms with E-state index in [0.29, 0.717) is 11.4 Å². The fraction of sp³-hybridized carbons (Fsp3) is 0.208. The number of pyridine rings is 1. The summed E-state index contributed by atoms with van der Waals surface area (Å²) < 4.78 is 7.45. The third-order valence-electron chi connectivity index (χ3n) is 5.11. The summed E-state index contributed by atoms with van der Waals surface area (Å²) in [6.07, 6.45) is 2.92. The molecule has 0 spiro atoms. The number of carboxylic acids is 1. The van der Waals surface area contributed by atoms with E-state index in [9.17, 15) is 14.4 Å². The lowest BCUT2D eigenvalue weighted by Crippen LogP contribution is -2.33. The number of hydrogen-bond acceptors (Lipinski definition) is 7. The molecule has 3 heterocycles. The van der Waals surface area contributed by atoms with Gasteiger partial charge in [-0.1, -0.05) is 63.0 Å². The lowest BCUT2D eigenvalue weighted by atomic mass is 9.87. The normalized spacial score (nSPS) is 15.4. The molecule has 0 bridgehead atoms. The molecule has 0 saturated carbocycles. The molecule has 1 aliphatic rings. The Labute approximate surface area is 204 Å². The molecule has 1 saturated heterocycles. The number of ether oxygens (including phenoxy) is 1. The highest BCUT2D eigenvalue weighted by molar-refractivity contribution is 8.26. The number of hydrogen-bond donors (Lipinski definition) is 1. The number of thiocarbonyl (C=S) groups is 1. The fourth-order valence-electron chi connectivity index (χ4n) is 3.32. The van der Waals surface area contributed by atoms with Crippen LogP contribution < -0.4 is 10.3 Å². The minimum absolute atomic E-state index is 0.0308. The standard InChI is InChI=1S/C24H21N3O5S2/c1-24(2,3)14-7-9-15(10-8-14)32-20-16(21(30)26-11-5-4-6-18(26)25-20)12-17-22(31)27(13-19(28)29)23(33)34-17/h4-12H,13H2,1-3H3,(H,28,29)/b17-12-. The Bertz CT molecular complexity index is 1400. The van der Waals surface area contributed by atoms with Gasteiger partial charge in [-0.2, -0.15) is 4.98 Å². The Kier molecular flexibility index (Phi) is 6.28. The van der Waals surface area contributed by atoms with E-state index in [0.717, 1.165) is 22.2 Å². The number of fused-ring (bicyclic) bond motifs is 1. The predicted octanol–water partition coefficient (Wildman–Crippen LogP) is 4.07. The van der Waals surface area contributed by atoms with Crippen molar-refractivity contribution in [3.8, 4) is 11.6 Å². The molecule has 10 heteroatoms.